The number of fused-ring (bicyclic) bond motifs is 3. The maximum Gasteiger partial charge on any atom is 0.214 e. The summed E-state index contributed by atoms with van der Waals surface area (Å²) in [5.74, 6) is 0. The van der Waals surface area contributed by atoms with Crippen molar-refractivity contribution in [2.24, 2.45) is 7.05 Å². The van der Waals surface area contributed by atoms with Crippen molar-refractivity contribution in [2.45, 2.75) is 20.8 Å². The van der Waals surface area contributed by atoms with Gasteiger partial charge in [-0.25, -0.2) is 9.41 Å². The van der Waals surface area contributed by atoms with Crippen LogP contribution < -0.4 is 4.57 Å². The van der Waals surface area contributed by atoms with Crippen LogP contribution in [0.5, 0.6) is 0 Å². The molecule has 0 N–H and O–H groups in total. The summed E-state index contributed by atoms with van der Waals surface area (Å²) in [6.45, 7) is 14.2. The normalized spacial score (nSPS) is 11.2. The minimum absolute atomic E-state index is 0.710. The van der Waals surface area contributed by atoms with Crippen molar-refractivity contribution in [3.63, 3.8) is 0 Å². The van der Waals surface area contributed by atoms with Gasteiger partial charge in [0.05, 0.1) is 12.1 Å². The van der Waals surface area contributed by atoms with Crippen LogP contribution >= 0.6 is 11.3 Å². The van der Waals surface area contributed by atoms with Gasteiger partial charge in [0.2, 0.25) is 5.69 Å². The number of aromatic nitrogens is 1. The van der Waals surface area contributed by atoms with Crippen LogP contribution in [0.25, 0.3) is 47.4 Å². The third-order valence-corrected chi connectivity index (χ3v) is 7.27. The molecule has 0 aliphatic rings. The third-order valence-electron chi connectivity index (χ3n) is 6.02. The molecule has 5 rings (SSSR count). The van der Waals surface area contributed by atoms with Crippen molar-refractivity contribution in [1.29, 1.82) is 0 Å². The Morgan fingerprint density at radius 3 is 2.16 bits per heavy atom. The van der Waals surface area contributed by atoms with Gasteiger partial charge in [0.1, 0.15) is 7.05 Å². The molecule has 3 heteroatoms. The molecule has 3 aromatic carbocycles. The second kappa shape index (κ2) is 7.34. The number of rotatable bonds is 2. The molecule has 31 heavy (non-hydrogen) atoms. The summed E-state index contributed by atoms with van der Waals surface area (Å²) in [6, 6.07) is 21.5. The van der Waals surface area contributed by atoms with Gasteiger partial charge in [-0.1, -0.05) is 54.1 Å². The van der Waals surface area contributed by atoms with Gasteiger partial charge in [-0.3, -0.25) is 0 Å². The highest BCUT2D eigenvalue weighted by atomic mass is 32.1. The van der Waals surface area contributed by atoms with Crippen molar-refractivity contribution < 1.29 is 4.57 Å². The second-order valence-electron chi connectivity index (χ2n) is 8.25. The molecule has 0 saturated carbocycles. The van der Waals surface area contributed by atoms with E-state index >= 15 is 0 Å². The molecule has 0 atom stereocenters. The monoisotopic (exact) mass is 419 g/mol. The highest BCUT2D eigenvalue weighted by Crippen LogP contribution is 2.47. The van der Waals surface area contributed by atoms with E-state index in [-0.39, 0.29) is 0 Å². The number of hydrogen-bond acceptors (Lipinski definition) is 1. The topological polar surface area (TPSA) is 8.24 Å². The molecule has 2 nitrogen and oxygen atoms in total. The summed E-state index contributed by atoms with van der Waals surface area (Å²) < 4.78 is 4.67. The Morgan fingerprint density at radius 1 is 0.774 bits per heavy atom. The number of pyridine rings is 1. The van der Waals surface area contributed by atoms with Gasteiger partial charge in [-0.05, 0) is 42.8 Å². The van der Waals surface area contributed by atoms with Crippen LogP contribution in [0.15, 0.2) is 66.9 Å². The first-order valence-electron chi connectivity index (χ1n) is 10.4. The highest BCUT2D eigenvalue weighted by molar-refractivity contribution is 7.27. The largest absolute Gasteiger partial charge is 0.237 e. The van der Waals surface area contributed by atoms with Crippen LogP contribution in [-0.2, 0) is 7.05 Å². The molecule has 0 fully saturated rings. The molecule has 0 saturated heterocycles. The van der Waals surface area contributed by atoms with E-state index in [9.17, 15) is 0 Å². The first kappa shape index (κ1) is 19.5. The second-order valence-corrected chi connectivity index (χ2v) is 9.27. The first-order chi connectivity index (χ1) is 15.0. The lowest BCUT2D eigenvalue weighted by Crippen LogP contribution is -2.30. The number of benzene rings is 3. The van der Waals surface area contributed by atoms with E-state index in [2.05, 4.69) is 98.0 Å². The van der Waals surface area contributed by atoms with E-state index in [0.717, 1.165) is 11.1 Å². The van der Waals surface area contributed by atoms with Gasteiger partial charge < -0.3 is 0 Å². The van der Waals surface area contributed by atoms with E-state index in [1.807, 2.05) is 17.4 Å². The van der Waals surface area contributed by atoms with Crippen LogP contribution in [0.3, 0.4) is 0 Å². The van der Waals surface area contributed by atoms with Gasteiger partial charge >= 0.3 is 0 Å². The maximum absolute atomic E-state index is 7.77. The average molecular weight is 420 g/mol. The fraction of sp³-hybridized carbons (Fsp3) is 0.143. The number of hydrogen-bond donors (Lipinski definition) is 0. The van der Waals surface area contributed by atoms with E-state index in [1.54, 1.807) is 0 Å². The minimum atomic E-state index is 0.710. The Bertz CT molecular complexity index is 1520. The Balaban J connectivity index is 1.91. The smallest absolute Gasteiger partial charge is 0.214 e. The van der Waals surface area contributed by atoms with Gasteiger partial charge in [0.25, 0.3) is 0 Å². The van der Waals surface area contributed by atoms with E-state index in [0.29, 0.717) is 5.69 Å². The van der Waals surface area contributed by atoms with E-state index in [1.165, 1.54) is 48.1 Å². The fourth-order valence-corrected chi connectivity index (χ4v) is 5.80. The Hall–Kier alpha value is -3.48. The van der Waals surface area contributed by atoms with Crippen LogP contribution in [0, 0.1) is 27.3 Å². The zero-order chi connectivity index (χ0) is 21.7. The highest BCUT2D eigenvalue weighted by Gasteiger charge is 2.21. The number of nitrogens with zero attached hydrogens (tertiary/aromatic N) is 2. The Kier molecular flexibility index (Phi) is 4.61. The quantitative estimate of drug-likeness (QED) is 0.205. The molecule has 150 valence electrons. The van der Waals surface area contributed by atoms with Crippen LogP contribution in [-0.4, -0.2) is 0 Å². The minimum Gasteiger partial charge on any atom is -0.237 e. The lowest BCUT2D eigenvalue weighted by atomic mass is 9.97. The Morgan fingerprint density at radius 2 is 1.45 bits per heavy atom. The zero-order valence-corrected chi connectivity index (χ0v) is 19.0. The van der Waals surface area contributed by atoms with Gasteiger partial charge in [-0.2, -0.15) is 0 Å². The van der Waals surface area contributed by atoms with Crippen molar-refractivity contribution in [3.8, 4) is 22.4 Å². The van der Waals surface area contributed by atoms with Gasteiger partial charge in [-0.15, -0.1) is 11.3 Å². The molecule has 2 heterocycles. The van der Waals surface area contributed by atoms with Crippen LogP contribution in [0.1, 0.15) is 16.7 Å². The van der Waals surface area contributed by atoms with Crippen LogP contribution in [0.2, 0.25) is 0 Å². The van der Waals surface area contributed by atoms with Crippen molar-refractivity contribution in [1.82, 2.24) is 0 Å². The zero-order valence-electron chi connectivity index (χ0n) is 18.2. The molecule has 0 unspecified atom stereocenters. The standard InChI is InChI=1S/C28H23N2S/c1-17-6-9-20(10-7-17)26-23(29-4)13-12-22-21-11-8-19(3)25(27(21)31-28(22)26)24-16-18(2)14-15-30(24)5/h6-16H,1-3,5H3/q+1. The molecule has 0 spiro atoms. The lowest BCUT2D eigenvalue weighted by Gasteiger charge is -2.07. The molecule has 0 bridgehead atoms. The number of thiophene rings is 1. The first-order valence-corrected chi connectivity index (χ1v) is 11.2. The SMILES string of the molecule is [C-]#[N+]c1ccc2c(sc3c(-c4cc(C)cc[n+]4C)c(C)ccc32)c1-c1ccc(C)cc1. The van der Waals surface area contributed by atoms with E-state index < -0.39 is 0 Å². The third kappa shape index (κ3) is 3.12. The summed E-state index contributed by atoms with van der Waals surface area (Å²) in [6.07, 6.45) is 2.13. The molecule has 0 radical (unpaired) electrons. The summed E-state index contributed by atoms with van der Waals surface area (Å²) in [5, 5.41) is 2.48. The molecule has 0 aliphatic heterocycles. The van der Waals surface area contributed by atoms with Gasteiger partial charge in [0, 0.05) is 32.5 Å². The average Bonchev–Trinajstić information content (AvgIpc) is 3.14. The molecular weight excluding hydrogens is 396 g/mol. The predicted octanol–water partition coefficient (Wildman–Crippen LogP) is 7.69. The van der Waals surface area contributed by atoms with Crippen LogP contribution in [0.4, 0.5) is 5.69 Å². The molecule has 0 aliphatic carbocycles. The molecule has 0 amide bonds. The number of aryl methyl sites for hydroxylation is 4. The molecular formula is C28H23N2S+. The van der Waals surface area contributed by atoms with E-state index in [4.69, 9.17) is 6.57 Å². The lowest BCUT2D eigenvalue weighted by molar-refractivity contribution is -0.660. The summed E-state index contributed by atoms with van der Waals surface area (Å²) in [4.78, 5) is 3.87. The Labute approximate surface area is 186 Å². The summed E-state index contributed by atoms with van der Waals surface area (Å²) in [5.41, 5.74) is 9.10. The van der Waals surface area contributed by atoms with Crippen molar-refractivity contribution >= 4 is 37.2 Å². The van der Waals surface area contributed by atoms with Crippen molar-refractivity contribution in [2.75, 3.05) is 0 Å². The maximum atomic E-state index is 7.77. The molecule has 5 aromatic rings. The summed E-state index contributed by atoms with van der Waals surface area (Å²) >= 11 is 1.81. The van der Waals surface area contributed by atoms with Crippen molar-refractivity contribution in [3.05, 3.63) is 95.0 Å². The van der Waals surface area contributed by atoms with Gasteiger partial charge in [0.15, 0.2) is 11.9 Å². The molecule has 2 aromatic heterocycles. The predicted molar refractivity (Wildman–Crippen MR) is 132 cm³/mol. The summed E-state index contributed by atoms with van der Waals surface area (Å²) in [7, 11) is 2.11. The fourth-order valence-electron chi connectivity index (χ4n) is 4.33.